The number of carbonyl (C=O) groups is 1. The van der Waals surface area contributed by atoms with Gasteiger partial charge in [-0.15, -0.1) is 0 Å². The Labute approximate surface area is 138 Å². The first kappa shape index (κ1) is 17.8. The van der Waals surface area contributed by atoms with Gasteiger partial charge < -0.3 is 10.1 Å². The lowest BCUT2D eigenvalue weighted by atomic mass is 9.95. The van der Waals surface area contributed by atoms with Gasteiger partial charge in [-0.3, -0.25) is 4.79 Å². The standard InChI is InChI=1S/C17H25NO4S/c1-3-22-15-9-11-16(12-10-15)23(20,21)13(2)17(19)18-14-7-5-4-6-8-14/h9-14H,3-8H2,1-2H3,(H,18,19). The van der Waals surface area contributed by atoms with Gasteiger partial charge in [0.05, 0.1) is 11.5 Å². The molecule has 0 bridgehead atoms. The molecule has 1 aliphatic rings. The van der Waals surface area contributed by atoms with Gasteiger partial charge in [0.2, 0.25) is 5.91 Å². The summed E-state index contributed by atoms with van der Waals surface area (Å²) in [5, 5.41) is 1.79. The number of rotatable bonds is 6. The van der Waals surface area contributed by atoms with E-state index in [1.807, 2.05) is 6.92 Å². The van der Waals surface area contributed by atoms with Crippen LogP contribution in [0.1, 0.15) is 46.0 Å². The molecule has 1 atom stereocenters. The van der Waals surface area contributed by atoms with Gasteiger partial charge in [0.25, 0.3) is 0 Å². The maximum absolute atomic E-state index is 12.6. The van der Waals surface area contributed by atoms with Crippen LogP contribution < -0.4 is 10.1 Å². The number of sulfone groups is 1. The van der Waals surface area contributed by atoms with Crippen molar-refractivity contribution in [2.45, 2.75) is 62.1 Å². The van der Waals surface area contributed by atoms with Gasteiger partial charge in [-0.05, 0) is 51.0 Å². The summed E-state index contributed by atoms with van der Waals surface area (Å²) in [6, 6.07) is 6.31. The van der Waals surface area contributed by atoms with Crippen molar-refractivity contribution < 1.29 is 17.9 Å². The van der Waals surface area contributed by atoms with E-state index in [1.54, 1.807) is 12.1 Å². The summed E-state index contributed by atoms with van der Waals surface area (Å²) in [6.45, 7) is 3.83. The summed E-state index contributed by atoms with van der Waals surface area (Å²) in [5.74, 6) is 0.205. The van der Waals surface area contributed by atoms with Gasteiger partial charge in [-0.1, -0.05) is 19.3 Å². The molecule has 1 aromatic carbocycles. The first-order valence-electron chi connectivity index (χ1n) is 8.22. The molecular weight excluding hydrogens is 314 g/mol. The summed E-state index contributed by atoms with van der Waals surface area (Å²) in [6.07, 6.45) is 5.23. The Bertz CT molecular complexity index is 618. The highest BCUT2D eigenvalue weighted by molar-refractivity contribution is 7.92. The summed E-state index contributed by atoms with van der Waals surface area (Å²) >= 11 is 0. The molecule has 0 saturated heterocycles. The summed E-state index contributed by atoms with van der Waals surface area (Å²) in [7, 11) is -3.69. The zero-order valence-corrected chi connectivity index (χ0v) is 14.6. The third kappa shape index (κ3) is 4.47. The van der Waals surface area contributed by atoms with Crippen molar-refractivity contribution in [1.82, 2.24) is 5.32 Å². The topological polar surface area (TPSA) is 72.5 Å². The molecule has 0 radical (unpaired) electrons. The predicted molar refractivity (Wildman–Crippen MR) is 89.3 cm³/mol. The van der Waals surface area contributed by atoms with Gasteiger partial charge in [0.1, 0.15) is 11.0 Å². The molecule has 0 aromatic heterocycles. The molecule has 128 valence electrons. The van der Waals surface area contributed by atoms with Crippen LogP contribution in [0.2, 0.25) is 0 Å². The highest BCUT2D eigenvalue weighted by Gasteiger charge is 2.31. The monoisotopic (exact) mass is 339 g/mol. The van der Waals surface area contributed by atoms with Crippen molar-refractivity contribution in [3.05, 3.63) is 24.3 Å². The molecule has 1 fully saturated rings. The number of nitrogens with one attached hydrogen (secondary N) is 1. The first-order valence-corrected chi connectivity index (χ1v) is 9.77. The maximum atomic E-state index is 12.6. The molecule has 0 heterocycles. The SMILES string of the molecule is CCOc1ccc(S(=O)(=O)C(C)C(=O)NC2CCCCC2)cc1. The van der Waals surface area contributed by atoms with E-state index in [4.69, 9.17) is 4.74 Å². The molecule has 6 heteroatoms. The Balaban J connectivity index is 2.06. The maximum Gasteiger partial charge on any atom is 0.238 e. The Hall–Kier alpha value is -1.56. The van der Waals surface area contributed by atoms with Gasteiger partial charge in [-0.25, -0.2) is 8.42 Å². The lowest BCUT2D eigenvalue weighted by Crippen LogP contribution is -2.44. The highest BCUT2D eigenvalue weighted by atomic mass is 32.2. The van der Waals surface area contributed by atoms with Crippen LogP contribution in [0.25, 0.3) is 0 Å². The molecule has 1 unspecified atom stereocenters. The fourth-order valence-corrected chi connectivity index (χ4v) is 4.08. The normalized spacial score (nSPS) is 17.5. The smallest absolute Gasteiger partial charge is 0.238 e. The second-order valence-electron chi connectivity index (χ2n) is 5.94. The van der Waals surface area contributed by atoms with Crippen LogP contribution in [0.15, 0.2) is 29.2 Å². The molecule has 1 N–H and O–H groups in total. The van der Waals surface area contributed by atoms with Crippen molar-refractivity contribution in [2.75, 3.05) is 6.61 Å². The van der Waals surface area contributed by atoms with Gasteiger partial charge in [0.15, 0.2) is 9.84 Å². The molecular formula is C17H25NO4S. The molecule has 1 aromatic rings. The fourth-order valence-electron chi connectivity index (χ4n) is 2.80. The van der Waals surface area contributed by atoms with E-state index >= 15 is 0 Å². The highest BCUT2D eigenvalue weighted by Crippen LogP contribution is 2.21. The van der Waals surface area contributed by atoms with E-state index in [9.17, 15) is 13.2 Å². The number of carbonyl (C=O) groups excluding carboxylic acids is 1. The average molecular weight is 339 g/mol. The van der Waals surface area contributed by atoms with Crippen LogP contribution in [0.4, 0.5) is 0 Å². The minimum atomic E-state index is -3.69. The van der Waals surface area contributed by atoms with Crippen LogP contribution in [0, 0.1) is 0 Å². The van der Waals surface area contributed by atoms with Crippen LogP contribution in [0.3, 0.4) is 0 Å². The van der Waals surface area contributed by atoms with Crippen LogP contribution in [-0.2, 0) is 14.6 Å². The molecule has 2 rings (SSSR count). The second kappa shape index (κ2) is 7.81. The van der Waals surface area contributed by atoms with Crippen LogP contribution >= 0.6 is 0 Å². The summed E-state index contributed by atoms with van der Waals surface area (Å²) in [5.41, 5.74) is 0. The van der Waals surface area contributed by atoms with E-state index in [-0.39, 0.29) is 10.9 Å². The van der Waals surface area contributed by atoms with E-state index in [2.05, 4.69) is 5.32 Å². The van der Waals surface area contributed by atoms with Crippen molar-refractivity contribution in [1.29, 1.82) is 0 Å². The summed E-state index contributed by atoms with van der Waals surface area (Å²) < 4.78 is 30.5. The third-order valence-corrected chi connectivity index (χ3v) is 6.32. The molecule has 0 spiro atoms. The van der Waals surface area contributed by atoms with Crippen molar-refractivity contribution in [2.24, 2.45) is 0 Å². The Morgan fingerprint density at radius 3 is 2.39 bits per heavy atom. The fraction of sp³-hybridized carbons (Fsp3) is 0.588. The van der Waals surface area contributed by atoms with Crippen molar-refractivity contribution in [3.8, 4) is 5.75 Å². The van der Waals surface area contributed by atoms with Gasteiger partial charge in [0, 0.05) is 6.04 Å². The number of amides is 1. The van der Waals surface area contributed by atoms with E-state index in [0.717, 1.165) is 25.7 Å². The summed E-state index contributed by atoms with van der Waals surface area (Å²) in [4.78, 5) is 12.4. The lowest BCUT2D eigenvalue weighted by molar-refractivity contribution is -0.121. The van der Waals surface area contributed by atoms with Crippen molar-refractivity contribution >= 4 is 15.7 Å². The molecule has 23 heavy (non-hydrogen) atoms. The Morgan fingerprint density at radius 1 is 1.22 bits per heavy atom. The largest absolute Gasteiger partial charge is 0.494 e. The van der Waals surface area contributed by atoms with Gasteiger partial charge in [-0.2, -0.15) is 0 Å². The quantitative estimate of drug-likeness (QED) is 0.865. The molecule has 1 amide bonds. The number of benzene rings is 1. The molecule has 1 saturated carbocycles. The average Bonchev–Trinajstić information content (AvgIpc) is 2.56. The predicted octanol–water partition coefficient (Wildman–Crippen LogP) is 2.70. The third-order valence-electron chi connectivity index (χ3n) is 4.25. The number of hydrogen-bond donors (Lipinski definition) is 1. The van der Waals surface area contributed by atoms with E-state index in [0.29, 0.717) is 12.4 Å². The molecule has 0 aliphatic heterocycles. The Kier molecular flexibility index (Phi) is 6.04. The lowest BCUT2D eigenvalue weighted by Gasteiger charge is -2.24. The zero-order valence-electron chi connectivity index (χ0n) is 13.7. The zero-order chi connectivity index (χ0) is 16.9. The number of ether oxygens (including phenoxy) is 1. The first-order chi connectivity index (χ1) is 10.9. The van der Waals surface area contributed by atoms with Crippen molar-refractivity contribution in [3.63, 3.8) is 0 Å². The van der Waals surface area contributed by atoms with Crippen LogP contribution in [-0.4, -0.2) is 32.2 Å². The Morgan fingerprint density at radius 2 is 1.83 bits per heavy atom. The number of hydrogen-bond acceptors (Lipinski definition) is 4. The molecule has 5 nitrogen and oxygen atoms in total. The van der Waals surface area contributed by atoms with Crippen LogP contribution in [0.5, 0.6) is 5.75 Å². The van der Waals surface area contributed by atoms with Gasteiger partial charge >= 0.3 is 0 Å². The minimum absolute atomic E-state index is 0.106. The van der Waals surface area contributed by atoms with E-state index in [1.165, 1.54) is 25.5 Å². The molecule has 1 aliphatic carbocycles. The second-order valence-corrected chi connectivity index (χ2v) is 8.20. The minimum Gasteiger partial charge on any atom is -0.494 e. The van der Waals surface area contributed by atoms with E-state index < -0.39 is 21.0 Å².